The first-order chi connectivity index (χ1) is 14.0. The van der Waals surface area contributed by atoms with Gasteiger partial charge in [0.1, 0.15) is 5.75 Å². The monoisotopic (exact) mass is 384 g/mol. The average Bonchev–Trinajstić information content (AvgIpc) is 2.93. The number of amidine groups is 1. The Labute approximate surface area is 171 Å². The maximum absolute atomic E-state index is 5.26. The van der Waals surface area contributed by atoms with Gasteiger partial charge in [0, 0.05) is 36.5 Å². The molecule has 0 saturated carbocycles. The number of aliphatic imine (C=N–C) groups is 1. The van der Waals surface area contributed by atoms with E-state index in [2.05, 4.69) is 53.6 Å². The molecule has 1 aliphatic rings. The molecule has 3 aromatic rings. The van der Waals surface area contributed by atoms with E-state index in [1.807, 2.05) is 44.4 Å². The lowest BCUT2D eigenvalue weighted by molar-refractivity contribution is 0.415. The van der Waals surface area contributed by atoms with E-state index in [1.54, 1.807) is 7.11 Å². The first-order valence-electron chi connectivity index (χ1n) is 9.51. The van der Waals surface area contributed by atoms with Gasteiger partial charge < -0.3 is 9.64 Å². The predicted octanol–water partition coefficient (Wildman–Crippen LogP) is 4.50. The van der Waals surface area contributed by atoms with Crippen molar-refractivity contribution in [1.82, 2.24) is 5.43 Å². The van der Waals surface area contributed by atoms with Crippen LogP contribution in [0.5, 0.6) is 5.75 Å². The van der Waals surface area contributed by atoms with Crippen LogP contribution in [0, 0.1) is 6.92 Å². The summed E-state index contributed by atoms with van der Waals surface area (Å²) in [6.07, 6.45) is 0. The van der Waals surface area contributed by atoms with Crippen molar-refractivity contribution in [2.45, 2.75) is 6.92 Å². The van der Waals surface area contributed by atoms with Crippen molar-refractivity contribution >= 4 is 22.9 Å². The largest absolute Gasteiger partial charge is 0.497 e. The molecule has 0 fully saturated rings. The quantitative estimate of drug-likeness (QED) is 0.720. The summed E-state index contributed by atoms with van der Waals surface area (Å²) >= 11 is 0. The summed E-state index contributed by atoms with van der Waals surface area (Å²) in [5.41, 5.74) is 10.3. The highest BCUT2D eigenvalue weighted by Gasteiger charge is 2.17. The topological polar surface area (TPSA) is 49.2 Å². The van der Waals surface area contributed by atoms with E-state index in [0.29, 0.717) is 5.84 Å². The van der Waals surface area contributed by atoms with Crippen molar-refractivity contribution in [3.63, 3.8) is 0 Å². The fourth-order valence-corrected chi connectivity index (χ4v) is 3.27. The third kappa shape index (κ3) is 3.85. The molecule has 1 heterocycles. The molecule has 29 heavy (non-hydrogen) atoms. The van der Waals surface area contributed by atoms with E-state index in [1.165, 1.54) is 5.56 Å². The molecule has 5 nitrogen and oxygen atoms in total. The molecule has 3 aromatic carbocycles. The van der Waals surface area contributed by atoms with Crippen molar-refractivity contribution in [1.29, 1.82) is 0 Å². The molecule has 0 aromatic heterocycles. The molecule has 0 aliphatic carbocycles. The van der Waals surface area contributed by atoms with Gasteiger partial charge >= 0.3 is 0 Å². The third-order valence-electron chi connectivity index (χ3n) is 4.93. The number of hydrogen-bond donors (Lipinski definition) is 1. The number of nitrogens with one attached hydrogen (secondary N) is 1. The Bertz CT molecular complexity index is 1080. The Balaban J connectivity index is 1.79. The van der Waals surface area contributed by atoms with Crippen molar-refractivity contribution in [3.05, 3.63) is 89.0 Å². The second-order valence-electron chi connectivity index (χ2n) is 7.22. The number of rotatable bonds is 4. The number of benzene rings is 3. The fourth-order valence-electron chi connectivity index (χ4n) is 3.27. The SMILES string of the molecule is COc1ccc(C2=Nc3ccc(C)cc3C(c3ccc(N(C)C)cc3)=NN2)cc1. The van der Waals surface area contributed by atoms with Gasteiger partial charge in [0.15, 0.2) is 5.84 Å². The molecule has 0 radical (unpaired) electrons. The van der Waals surface area contributed by atoms with E-state index in [-0.39, 0.29) is 0 Å². The number of hydrazone groups is 1. The molecular weight excluding hydrogens is 360 g/mol. The Morgan fingerprint density at radius 1 is 0.862 bits per heavy atom. The van der Waals surface area contributed by atoms with E-state index < -0.39 is 0 Å². The van der Waals surface area contributed by atoms with Crippen LogP contribution in [0.3, 0.4) is 0 Å². The normalized spacial score (nSPS) is 12.8. The second kappa shape index (κ2) is 7.80. The summed E-state index contributed by atoms with van der Waals surface area (Å²) in [7, 11) is 5.73. The molecule has 0 atom stereocenters. The van der Waals surface area contributed by atoms with Crippen molar-refractivity contribution < 1.29 is 4.74 Å². The van der Waals surface area contributed by atoms with Crippen LogP contribution in [-0.4, -0.2) is 32.8 Å². The highest BCUT2D eigenvalue weighted by molar-refractivity contribution is 6.18. The minimum Gasteiger partial charge on any atom is -0.497 e. The summed E-state index contributed by atoms with van der Waals surface area (Å²) in [5, 5.41) is 4.74. The molecule has 0 unspecified atom stereocenters. The summed E-state index contributed by atoms with van der Waals surface area (Å²) in [5.74, 6) is 1.52. The number of fused-ring (bicyclic) bond motifs is 1. The minimum absolute atomic E-state index is 0.706. The number of nitrogens with zero attached hydrogens (tertiary/aromatic N) is 3. The van der Waals surface area contributed by atoms with Crippen LogP contribution in [0.4, 0.5) is 11.4 Å². The van der Waals surface area contributed by atoms with Crippen LogP contribution in [0.2, 0.25) is 0 Å². The minimum atomic E-state index is 0.706. The first-order valence-corrected chi connectivity index (χ1v) is 9.51. The van der Waals surface area contributed by atoms with Gasteiger partial charge in [0.25, 0.3) is 0 Å². The Hall–Kier alpha value is -3.60. The lowest BCUT2D eigenvalue weighted by Crippen LogP contribution is -2.19. The number of hydrogen-bond acceptors (Lipinski definition) is 5. The van der Waals surface area contributed by atoms with Gasteiger partial charge in [0.2, 0.25) is 0 Å². The molecule has 0 spiro atoms. The van der Waals surface area contributed by atoms with Crippen LogP contribution in [0.15, 0.2) is 76.8 Å². The fraction of sp³-hybridized carbons (Fsp3) is 0.167. The van der Waals surface area contributed by atoms with Crippen LogP contribution in [0.25, 0.3) is 0 Å². The highest BCUT2D eigenvalue weighted by Crippen LogP contribution is 2.28. The maximum Gasteiger partial charge on any atom is 0.154 e. The lowest BCUT2D eigenvalue weighted by atomic mass is 9.98. The van der Waals surface area contributed by atoms with Crippen LogP contribution in [0.1, 0.15) is 22.3 Å². The standard InChI is InChI=1S/C24H24N4O/c1-16-5-14-22-21(15-16)23(17-6-10-19(11-7-17)28(2)3)26-27-24(25-22)18-8-12-20(29-4)13-9-18/h5-15H,1-4H3,(H,25,27). The zero-order valence-electron chi connectivity index (χ0n) is 17.1. The molecule has 0 saturated heterocycles. The van der Waals surface area contributed by atoms with E-state index in [9.17, 15) is 0 Å². The Kier molecular flexibility index (Phi) is 5.04. The van der Waals surface area contributed by atoms with Gasteiger partial charge in [-0.15, -0.1) is 0 Å². The molecule has 0 amide bonds. The zero-order chi connectivity index (χ0) is 20.4. The first kappa shape index (κ1) is 18.7. The van der Waals surface area contributed by atoms with Crippen LogP contribution >= 0.6 is 0 Å². The Morgan fingerprint density at radius 3 is 2.21 bits per heavy atom. The van der Waals surface area contributed by atoms with Crippen molar-refractivity contribution in [2.24, 2.45) is 10.1 Å². The molecule has 0 bridgehead atoms. The average molecular weight is 384 g/mol. The maximum atomic E-state index is 5.26. The van der Waals surface area contributed by atoms with Crippen LogP contribution in [-0.2, 0) is 0 Å². The number of ether oxygens (including phenoxy) is 1. The molecule has 1 aliphatic heterocycles. The number of anilines is 1. The van der Waals surface area contributed by atoms with Gasteiger partial charge in [-0.2, -0.15) is 5.10 Å². The molecule has 5 heteroatoms. The van der Waals surface area contributed by atoms with Gasteiger partial charge in [-0.05, 0) is 55.5 Å². The summed E-state index contributed by atoms with van der Waals surface area (Å²) in [6, 6.07) is 22.5. The zero-order valence-corrected chi connectivity index (χ0v) is 17.1. The van der Waals surface area contributed by atoms with E-state index in [0.717, 1.165) is 39.5 Å². The molecule has 4 rings (SSSR count). The van der Waals surface area contributed by atoms with Crippen molar-refractivity contribution in [2.75, 3.05) is 26.1 Å². The smallest absolute Gasteiger partial charge is 0.154 e. The Morgan fingerprint density at radius 2 is 1.55 bits per heavy atom. The molecular formula is C24H24N4O. The van der Waals surface area contributed by atoms with Gasteiger partial charge in [-0.25, -0.2) is 4.99 Å². The van der Waals surface area contributed by atoms with E-state index in [4.69, 9.17) is 14.8 Å². The predicted molar refractivity (Wildman–Crippen MR) is 120 cm³/mol. The van der Waals surface area contributed by atoms with Gasteiger partial charge in [-0.3, -0.25) is 5.43 Å². The summed E-state index contributed by atoms with van der Waals surface area (Å²) in [6.45, 7) is 2.08. The number of aryl methyl sites for hydroxylation is 1. The van der Waals surface area contributed by atoms with Crippen molar-refractivity contribution in [3.8, 4) is 5.75 Å². The van der Waals surface area contributed by atoms with Gasteiger partial charge in [0.05, 0.1) is 18.5 Å². The van der Waals surface area contributed by atoms with Crippen LogP contribution < -0.4 is 15.1 Å². The van der Waals surface area contributed by atoms with E-state index >= 15 is 0 Å². The summed E-state index contributed by atoms with van der Waals surface area (Å²) < 4.78 is 5.26. The van der Waals surface area contributed by atoms with Gasteiger partial charge in [-0.1, -0.05) is 23.8 Å². The molecule has 1 N–H and O–H groups in total. The lowest BCUT2D eigenvalue weighted by Gasteiger charge is -2.14. The third-order valence-corrected chi connectivity index (χ3v) is 4.93. The second-order valence-corrected chi connectivity index (χ2v) is 7.22. The highest BCUT2D eigenvalue weighted by atomic mass is 16.5. The summed E-state index contributed by atoms with van der Waals surface area (Å²) in [4.78, 5) is 6.95. The number of methoxy groups -OCH3 is 1. The molecule has 146 valence electrons.